The number of hydrogen-bond donors (Lipinski definition) is 1. The average Bonchev–Trinajstić information content (AvgIpc) is 3.11. The highest BCUT2D eigenvalue weighted by molar-refractivity contribution is 5.91. The average molecular weight is 315 g/mol. The lowest BCUT2D eigenvalue weighted by Crippen LogP contribution is -2.40. The van der Waals surface area contributed by atoms with Gasteiger partial charge in [-0.15, -0.1) is 0 Å². The number of likely N-dealkylation sites (tertiary alicyclic amines) is 1. The molecule has 2 fully saturated rings. The number of amides is 1. The molecule has 1 saturated carbocycles. The first-order valence-corrected chi connectivity index (χ1v) is 8.46. The van der Waals surface area contributed by atoms with Gasteiger partial charge in [0.1, 0.15) is 0 Å². The minimum absolute atomic E-state index is 0.0422. The first kappa shape index (κ1) is 16.0. The zero-order valence-corrected chi connectivity index (χ0v) is 13.9. The maximum Gasteiger partial charge on any atom is 0.307 e. The Bertz CT molecular complexity index is 588. The molecule has 1 aliphatic carbocycles. The van der Waals surface area contributed by atoms with Crippen LogP contribution in [-0.4, -0.2) is 35.0 Å². The third-order valence-electron chi connectivity index (χ3n) is 5.65. The fourth-order valence-electron chi connectivity index (χ4n) is 4.06. The molecule has 0 aromatic heterocycles. The molecule has 1 heterocycles. The largest absolute Gasteiger partial charge is 0.481 e. The summed E-state index contributed by atoms with van der Waals surface area (Å²) in [6.45, 7) is 5.29. The highest BCUT2D eigenvalue weighted by atomic mass is 16.4. The molecule has 0 spiro atoms. The molecule has 1 saturated heterocycles. The van der Waals surface area contributed by atoms with Crippen LogP contribution in [-0.2, 0) is 16.0 Å². The van der Waals surface area contributed by atoms with E-state index in [2.05, 4.69) is 24.3 Å². The Kier molecular flexibility index (Phi) is 4.17. The summed E-state index contributed by atoms with van der Waals surface area (Å²) < 4.78 is 0. The molecule has 4 nitrogen and oxygen atoms in total. The van der Waals surface area contributed by atoms with Crippen LogP contribution in [0.15, 0.2) is 30.3 Å². The van der Waals surface area contributed by atoms with Crippen molar-refractivity contribution in [3.63, 3.8) is 0 Å². The SMILES string of the molecule is CC1(C)C(C(=O)O)C1C(=O)N1CCC(Cc2ccccc2)CC1. The predicted octanol–water partition coefficient (Wildman–Crippen LogP) is 2.82. The predicted molar refractivity (Wildman–Crippen MR) is 87.8 cm³/mol. The van der Waals surface area contributed by atoms with Gasteiger partial charge in [-0.3, -0.25) is 9.59 Å². The fourth-order valence-corrected chi connectivity index (χ4v) is 4.06. The summed E-state index contributed by atoms with van der Waals surface area (Å²) in [4.78, 5) is 25.8. The zero-order valence-electron chi connectivity index (χ0n) is 13.9. The van der Waals surface area contributed by atoms with Crippen molar-refractivity contribution in [3.05, 3.63) is 35.9 Å². The van der Waals surface area contributed by atoms with Gasteiger partial charge in [0.15, 0.2) is 0 Å². The van der Waals surface area contributed by atoms with E-state index in [4.69, 9.17) is 0 Å². The van der Waals surface area contributed by atoms with Crippen LogP contribution < -0.4 is 0 Å². The summed E-state index contributed by atoms with van der Waals surface area (Å²) in [5.74, 6) is -1.04. The summed E-state index contributed by atoms with van der Waals surface area (Å²) in [7, 11) is 0. The second-order valence-electron chi connectivity index (χ2n) is 7.57. The van der Waals surface area contributed by atoms with Gasteiger partial charge >= 0.3 is 5.97 Å². The minimum atomic E-state index is -0.840. The number of benzene rings is 1. The van der Waals surface area contributed by atoms with Gasteiger partial charge in [0.05, 0.1) is 11.8 Å². The highest BCUT2D eigenvalue weighted by Crippen LogP contribution is 2.59. The van der Waals surface area contributed by atoms with Gasteiger partial charge < -0.3 is 10.0 Å². The van der Waals surface area contributed by atoms with E-state index < -0.39 is 17.3 Å². The Morgan fingerprint density at radius 3 is 2.26 bits per heavy atom. The first-order valence-electron chi connectivity index (χ1n) is 8.46. The molecule has 3 rings (SSSR count). The van der Waals surface area contributed by atoms with Crippen LogP contribution in [0.5, 0.6) is 0 Å². The van der Waals surface area contributed by atoms with E-state index >= 15 is 0 Å². The molecule has 1 aromatic carbocycles. The second-order valence-corrected chi connectivity index (χ2v) is 7.57. The number of carbonyl (C=O) groups excluding carboxylic acids is 1. The van der Waals surface area contributed by atoms with Crippen molar-refractivity contribution in [2.75, 3.05) is 13.1 Å². The van der Waals surface area contributed by atoms with Gasteiger partial charge in [-0.25, -0.2) is 0 Å². The topological polar surface area (TPSA) is 57.6 Å². The third-order valence-corrected chi connectivity index (χ3v) is 5.65. The van der Waals surface area contributed by atoms with Crippen LogP contribution in [0.25, 0.3) is 0 Å². The summed E-state index contributed by atoms with van der Waals surface area (Å²) in [5.41, 5.74) is 0.954. The Labute approximate surface area is 137 Å². The number of nitrogens with zero attached hydrogens (tertiary/aromatic N) is 1. The van der Waals surface area contributed by atoms with Gasteiger partial charge in [-0.1, -0.05) is 44.2 Å². The van der Waals surface area contributed by atoms with Gasteiger partial charge in [-0.05, 0) is 36.2 Å². The van der Waals surface area contributed by atoms with Gasteiger partial charge in [-0.2, -0.15) is 0 Å². The molecule has 2 unspecified atom stereocenters. The maximum absolute atomic E-state index is 12.6. The molecule has 4 heteroatoms. The highest BCUT2D eigenvalue weighted by Gasteiger charge is 2.66. The van der Waals surface area contributed by atoms with Crippen LogP contribution >= 0.6 is 0 Å². The number of aliphatic carboxylic acids is 1. The fraction of sp³-hybridized carbons (Fsp3) is 0.579. The van der Waals surface area contributed by atoms with Crippen molar-refractivity contribution in [3.8, 4) is 0 Å². The number of carboxylic acids is 1. The molecule has 0 bridgehead atoms. The van der Waals surface area contributed by atoms with Crippen LogP contribution in [0.1, 0.15) is 32.3 Å². The third kappa shape index (κ3) is 3.12. The molecule has 1 aliphatic heterocycles. The lowest BCUT2D eigenvalue weighted by atomic mass is 9.90. The van der Waals surface area contributed by atoms with E-state index in [0.717, 1.165) is 32.4 Å². The Balaban J connectivity index is 1.53. The molecule has 1 amide bonds. The Morgan fingerprint density at radius 1 is 1.13 bits per heavy atom. The number of carbonyl (C=O) groups is 2. The molecule has 124 valence electrons. The van der Waals surface area contributed by atoms with Crippen molar-refractivity contribution in [1.29, 1.82) is 0 Å². The van der Waals surface area contributed by atoms with Gasteiger partial charge in [0.25, 0.3) is 0 Å². The summed E-state index contributed by atoms with van der Waals surface area (Å²) in [6, 6.07) is 10.5. The van der Waals surface area contributed by atoms with Crippen LogP contribution in [0.2, 0.25) is 0 Å². The second kappa shape index (κ2) is 5.99. The smallest absolute Gasteiger partial charge is 0.307 e. The van der Waals surface area contributed by atoms with E-state index in [1.165, 1.54) is 5.56 Å². The normalized spacial score (nSPS) is 26.8. The lowest BCUT2D eigenvalue weighted by Gasteiger charge is -2.32. The standard InChI is InChI=1S/C19H25NO3/c1-19(2)15(16(19)18(22)23)17(21)20-10-8-14(9-11-20)12-13-6-4-3-5-7-13/h3-7,14-16H,8-12H2,1-2H3,(H,22,23). The molecule has 23 heavy (non-hydrogen) atoms. The Morgan fingerprint density at radius 2 is 1.74 bits per heavy atom. The van der Waals surface area contributed by atoms with Crippen LogP contribution in [0, 0.1) is 23.2 Å². The van der Waals surface area contributed by atoms with Crippen molar-refractivity contribution < 1.29 is 14.7 Å². The minimum Gasteiger partial charge on any atom is -0.481 e. The number of carboxylic acid groups (broad SMARTS) is 1. The molecule has 1 aromatic rings. The number of piperidine rings is 1. The quantitative estimate of drug-likeness (QED) is 0.929. The van der Waals surface area contributed by atoms with E-state index in [-0.39, 0.29) is 11.8 Å². The Hall–Kier alpha value is -1.84. The molecule has 0 radical (unpaired) electrons. The molecular formula is C19H25NO3. The van der Waals surface area contributed by atoms with E-state index in [1.807, 2.05) is 24.8 Å². The summed E-state index contributed by atoms with van der Waals surface area (Å²) in [6.07, 6.45) is 3.08. The summed E-state index contributed by atoms with van der Waals surface area (Å²) in [5, 5.41) is 9.24. The molecular weight excluding hydrogens is 290 g/mol. The molecule has 1 N–H and O–H groups in total. The number of hydrogen-bond acceptors (Lipinski definition) is 2. The van der Waals surface area contributed by atoms with Crippen LogP contribution in [0.4, 0.5) is 0 Å². The van der Waals surface area contributed by atoms with E-state index in [0.29, 0.717) is 5.92 Å². The number of rotatable bonds is 4. The van der Waals surface area contributed by atoms with E-state index in [9.17, 15) is 14.7 Å². The van der Waals surface area contributed by atoms with Gasteiger partial charge in [0.2, 0.25) is 5.91 Å². The molecule has 2 aliphatic rings. The monoisotopic (exact) mass is 315 g/mol. The zero-order chi connectivity index (χ0) is 16.6. The van der Waals surface area contributed by atoms with Crippen molar-refractivity contribution in [1.82, 2.24) is 4.90 Å². The van der Waals surface area contributed by atoms with Crippen molar-refractivity contribution in [2.45, 2.75) is 33.1 Å². The summed E-state index contributed by atoms with van der Waals surface area (Å²) >= 11 is 0. The maximum atomic E-state index is 12.6. The molecule has 2 atom stereocenters. The van der Waals surface area contributed by atoms with Crippen molar-refractivity contribution in [2.24, 2.45) is 23.2 Å². The van der Waals surface area contributed by atoms with Crippen molar-refractivity contribution >= 4 is 11.9 Å². The first-order chi connectivity index (χ1) is 10.9. The van der Waals surface area contributed by atoms with E-state index in [1.54, 1.807) is 0 Å². The lowest BCUT2D eigenvalue weighted by molar-refractivity contribution is -0.142. The van der Waals surface area contributed by atoms with Gasteiger partial charge in [0, 0.05) is 13.1 Å². The van der Waals surface area contributed by atoms with Crippen LogP contribution in [0.3, 0.4) is 0 Å².